The number of amides is 2. The first kappa shape index (κ1) is 34.7. The van der Waals surface area contributed by atoms with Gasteiger partial charge in [0, 0.05) is 25.2 Å². The van der Waals surface area contributed by atoms with Gasteiger partial charge in [-0.15, -0.1) is 0 Å². The van der Waals surface area contributed by atoms with Crippen LogP contribution < -0.4 is 10.6 Å². The SMILES string of the molecule is CCCC[C@H](NC(=O)OCc1ccccc1)C(=O)NCCCC(Cc1cn([C@H]2CC[C@H](C)CC2)cn1)C(=O)OCc1ccccc1. The number of carbonyl (C=O) groups is 3. The maximum absolute atomic E-state index is 13.3. The van der Waals surface area contributed by atoms with Crippen LogP contribution in [0.5, 0.6) is 0 Å². The van der Waals surface area contributed by atoms with Crippen LogP contribution in [0.25, 0.3) is 0 Å². The highest BCUT2D eigenvalue weighted by Gasteiger charge is 2.25. The zero-order chi connectivity index (χ0) is 32.6. The minimum absolute atomic E-state index is 0.134. The Morgan fingerprint density at radius 1 is 0.891 bits per heavy atom. The second kappa shape index (κ2) is 18.7. The van der Waals surface area contributed by atoms with Crippen LogP contribution in [-0.2, 0) is 38.7 Å². The second-order valence-corrected chi connectivity index (χ2v) is 12.6. The molecule has 1 fully saturated rings. The van der Waals surface area contributed by atoms with Gasteiger partial charge in [0.2, 0.25) is 5.91 Å². The minimum atomic E-state index is -0.693. The first-order valence-electron chi connectivity index (χ1n) is 16.9. The number of rotatable bonds is 17. The largest absolute Gasteiger partial charge is 0.461 e. The molecule has 9 nitrogen and oxygen atoms in total. The van der Waals surface area contributed by atoms with Gasteiger partial charge in [-0.2, -0.15) is 0 Å². The van der Waals surface area contributed by atoms with Crippen LogP contribution in [0.1, 0.15) is 94.5 Å². The van der Waals surface area contributed by atoms with Gasteiger partial charge in [0.15, 0.2) is 0 Å². The van der Waals surface area contributed by atoms with E-state index in [4.69, 9.17) is 9.47 Å². The number of unbranched alkanes of at least 4 members (excludes halogenated alkanes) is 1. The minimum Gasteiger partial charge on any atom is -0.461 e. The molecule has 1 aromatic heterocycles. The number of alkyl carbamates (subject to hydrolysis) is 1. The molecule has 1 heterocycles. The number of hydrogen-bond acceptors (Lipinski definition) is 6. The maximum atomic E-state index is 13.3. The molecule has 2 amide bonds. The number of benzene rings is 2. The summed E-state index contributed by atoms with van der Waals surface area (Å²) in [4.78, 5) is 43.5. The molecule has 4 rings (SSSR count). The molecule has 9 heteroatoms. The van der Waals surface area contributed by atoms with Crippen molar-refractivity contribution in [2.75, 3.05) is 6.54 Å². The number of esters is 1. The monoisotopic (exact) mass is 630 g/mol. The summed E-state index contributed by atoms with van der Waals surface area (Å²) in [5.74, 6) is -0.138. The van der Waals surface area contributed by atoms with Crippen molar-refractivity contribution in [3.8, 4) is 0 Å². The van der Waals surface area contributed by atoms with Gasteiger partial charge in [-0.3, -0.25) is 9.59 Å². The smallest absolute Gasteiger partial charge is 0.408 e. The summed E-state index contributed by atoms with van der Waals surface area (Å²) in [5.41, 5.74) is 2.69. The molecule has 3 aromatic rings. The van der Waals surface area contributed by atoms with Crippen molar-refractivity contribution in [2.45, 2.75) is 103 Å². The molecule has 0 aliphatic heterocycles. The van der Waals surface area contributed by atoms with E-state index in [9.17, 15) is 14.4 Å². The Labute approximate surface area is 273 Å². The fourth-order valence-corrected chi connectivity index (χ4v) is 5.89. The van der Waals surface area contributed by atoms with Crippen molar-refractivity contribution in [2.24, 2.45) is 11.8 Å². The van der Waals surface area contributed by atoms with E-state index >= 15 is 0 Å². The third-order valence-electron chi connectivity index (χ3n) is 8.77. The standard InChI is InChI=1S/C37H50N4O5/c1-3-4-17-34(40-37(44)46-26-30-14-9-6-10-15-30)35(42)38-22-11-16-31(36(43)45-25-29-12-7-5-8-13-29)23-32-24-41(27-39-32)33-20-18-28(2)19-21-33/h5-10,12-15,24,27-28,31,33-34H,3-4,11,16-23,25-26H2,1-2H3,(H,38,42)(H,40,44)/t28-,31?,33-,34-/m0/s1. The molecule has 0 radical (unpaired) electrons. The van der Waals surface area contributed by atoms with E-state index in [1.54, 1.807) is 0 Å². The Hall–Kier alpha value is -4.14. The zero-order valence-electron chi connectivity index (χ0n) is 27.4. The molecule has 2 N–H and O–H groups in total. The topological polar surface area (TPSA) is 112 Å². The van der Waals surface area contributed by atoms with Crippen LogP contribution in [0.2, 0.25) is 0 Å². The molecule has 46 heavy (non-hydrogen) atoms. The van der Waals surface area contributed by atoms with Crippen LogP contribution in [0.3, 0.4) is 0 Å². The van der Waals surface area contributed by atoms with Crippen molar-refractivity contribution < 1.29 is 23.9 Å². The number of aromatic nitrogens is 2. The second-order valence-electron chi connectivity index (χ2n) is 12.6. The van der Waals surface area contributed by atoms with Crippen LogP contribution in [0.15, 0.2) is 73.2 Å². The van der Waals surface area contributed by atoms with E-state index in [1.165, 1.54) is 12.8 Å². The predicted molar refractivity (Wildman–Crippen MR) is 178 cm³/mol. The maximum Gasteiger partial charge on any atom is 0.408 e. The van der Waals surface area contributed by atoms with E-state index in [2.05, 4.69) is 33.3 Å². The summed E-state index contributed by atoms with van der Waals surface area (Å²) in [6.07, 6.45) is 11.9. The van der Waals surface area contributed by atoms with Gasteiger partial charge in [-0.1, -0.05) is 87.4 Å². The average molecular weight is 631 g/mol. The lowest BCUT2D eigenvalue weighted by Gasteiger charge is -2.26. The van der Waals surface area contributed by atoms with Gasteiger partial charge in [-0.25, -0.2) is 9.78 Å². The molecule has 0 saturated heterocycles. The zero-order valence-corrected chi connectivity index (χ0v) is 27.4. The van der Waals surface area contributed by atoms with Gasteiger partial charge in [-0.05, 0) is 62.0 Å². The van der Waals surface area contributed by atoms with E-state index in [0.29, 0.717) is 38.3 Å². The normalized spacial score (nSPS) is 17.4. The lowest BCUT2D eigenvalue weighted by atomic mass is 9.87. The van der Waals surface area contributed by atoms with Crippen molar-refractivity contribution in [1.82, 2.24) is 20.2 Å². The third kappa shape index (κ3) is 11.7. The Morgan fingerprint density at radius 2 is 1.54 bits per heavy atom. The third-order valence-corrected chi connectivity index (χ3v) is 8.77. The predicted octanol–water partition coefficient (Wildman–Crippen LogP) is 6.92. The molecule has 2 atom stereocenters. The number of carbonyl (C=O) groups excluding carboxylic acids is 3. The molecular weight excluding hydrogens is 580 g/mol. The summed E-state index contributed by atoms with van der Waals surface area (Å²) >= 11 is 0. The molecule has 2 aromatic carbocycles. The van der Waals surface area contributed by atoms with Gasteiger partial charge >= 0.3 is 12.1 Å². The van der Waals surface area contributed by atoms with Crippen molar-refractivity contribution in [3.05, 3.63) is 90.0 Å². The number of nitrogens with zero attached hydrogens (tertiary/aromatic N) is 2. The molecule has 1 saturated carbocycles. The molecular formula is C37H50N4O5. The van der Waals surface area contributed by atoms with Crippen LogP contribution in [0.4, 0.5) is 4.79 Å². The van der Waals surface area contributed by atoms with E-state index in [1.807, 2.05) is 73.9 Å². The number of ether oxygens (including phenoxy) is 2. The average Bonchev–Trinajstić information content (AvgIpc) is 3.55. The van der Waals surface area contributed by atoms with Crippen molar-refractivity contribution in [3.63, 3.8) is 0 Å². The summed E-state index contributed by atoms with van der Waals surface area (Å²) in [6.45, 7) is 5.08. The van der Waals surface area contributed by atoms with E-state index in [0.717, 1.165) is 48.4 Å². The first-order valence-corrected chi connectivity index (χ1v) is 16.9. The molecule has 1 unspecified atom stereocenters. The number of nitrogens with one attached hydrogen (secondary N) is 2. The Morgan fingerprint density at radius 3 is 2.20 bits per heavy atom. The molecule has 1 aliphatic rings. The van der Waals surface area contributed by atoms with Gasteiger partial charge in [0.1, 0.15) is 19.3 Å². The Bertz CT molecular complexity index is 1340. The number of imidazole rings is 1. The summed E-state index contributed by atoms with van der Waals surface area (Å²) in [5, 5.41) is 5.68. The van der Waals surface area contributed by atoms with Crippen molar-refractivity contribution in [1.29, 1.82) is 0 Å². The highest BCUT2D eigenvalue weighted by atomic mass is 16.5. The summed E-state index contributed by atoms with van der Waals surface area (Å²) in [7, 11) is 0. The van der Waals surface area contributed by atoms with Crippen LogP contribution in [-0.4, -0.2) is 40.1 Å². The summed E-state index contributed by atoms with van der Waals surface area (Å²) < 4.78 is 13.3. The molecule has 248 valence electrons. The fraction of sp³-hybridized carbons (Fsp3) is 0.514. The lowest BCUT2D eigenvalue weighted by Crippen LogP contribution is -2.47. The molecule has 0 bridgehead atoms. The summed E-state index contributed by atoms with van der Waals surface area (Å²) in [6, 6.07) is 18.8. The lowest BCUT2D eigenvalue weighted by molar-refractivity contribution is -0.150. The van der Waals surface area contributed by atoms with Gasteiger partial charge in [0.25, 0.3) is 0 Å². The van der Waals surface area contributed by atoms with Gasteiger partial charge < -0.3 is 24.7 Å². The first-order chi connectivity index (χ1) is 22.4. The molecule has 1 aliphatic carbocycles. The van der Waals surface area contributed by atoms with Crippen LogP contribution in [0, 0.1) is 11.8 Å². The van der Waals surface area contributed by atoms with Crippen LogP contribution >= 0.6 is 0 Å². The van der Waals surface area contributed by atoms with Gasteiger partial charge in [0.05, 0.1) is 17.9 Å². The Balaban J connectivity index is 1.29. The fourth-order valence-electron chi connectivity index (χ4n) is 5.89. The number of hydrogen-bond donors (Lipinski definition) is 2. The quantitative estimate of drug-likeness (QED) is 0.124. The van der Waals surface area contributed by atoms with E-state index < -0.39 is 18.1 Å². The van der Waals surface area contributed by atoms with Crippen molar-refractivity contribution >= 4 is 18.0 Å². The van der Waals surface area contributed by atoms with E-state index in [-0.39, 0.29) is 25.1 Å². The molecule has 0 spiro atoms. The highest BCUT2D eigenvalue weighted by Crippen LogP contribution is 2.32. The highest BCUT2D eigenvalue weighted by molar-refractivity contribution is 5.85. The Kier molecular flexibility index (Phi) is 14.1.